The number of hydrogen-bond acceptors (Lipinski definition) is 5. The third-order valence-electron chi connectivity index (χ3n) is 4.39. The fraction of sp³-hybridized carbons (Fsp3) is 0.190. The lowest BCUT2D eigenvalue weighted by atomic mass is 10.1. The van der Waals surface area contributed by atoms with E-state index in [4.69, 9.17) is 4.52 Å². The van der Waals surface area contributed by atoms with Gasteiger partial charge in [0.1, 0.15) is 5.69 Å². The number of aryl methyl sites for hydroxylation is 1. The van der Waals surface area contributed by atoms with Gasteiger partial charge in [-0.3, -0.25) is 0 Å². The van der Waals surface area contributed by atoms with Crippen LogP contribution in [-0.4, -0.2) is 20.1 Å². The smallest absolute Gasteiger partial charge is 0.276 e. The Bertz CT molecular complexity index is 1140. The van der Waals surface area contributed by atoms with Gasteiger partial charge in [0.15, 0.2) is 5.82 Å². The molecule has 1 N–H and O–H groups in total. The molecule has 3 aromatic heterocycles. The molecule has 0 atom stereocenters. The number of aromatic nitrogens is 4. The van der Waals surface area contributed by atoms with Crippen LogP contribution in [0.2, 0.25) is 0 Å². The zero-order valence-electron chi connectivity index (χ0n) is 15.6. The minimum atomic E-state index is 0.448. The summed E-state index contributed by atoms with van der Waals surface area (Å²) in [4.78, 5) is 14.4. The Morgan fingerprint density at radius 1 is 1.07 bits per heavy atom. The van der Waals surface area contributed by atoms with Crippen LogP contribution in [0.1, 0.15) is 26.6 Å². The second-order valence-corrected chi connectivity index (χ2v) is 6.21. The maximum Gasteiger partial charge on any atom is 0.276 e. The summed E-state index contributed by atoms with van der Waals surface area (Å²) >= 11 is 0. The molecule has 27 heavy (non-hydrogen) atoms. The minimum absolute atomic E-state index is 0.448. The average molecular weight is 359 g/mol. The number of anilines is 1. The highest BCUT2D eigenvalue weighted by atomic mass is 16.5. The summed E-state index contributed by atoms with van der Waals surface area (Å²) in [6, 6.07) is 8.35. The highest BCUT2D eigenvalue weighted by Crippen LogP contribution is 2.31. The van der Waals surface area contributed by atoms with Gasteiger partial charge in [0.2, 0.25) is 0 Å². The van der Waals surface area contributed by atoms with Gasteiger partial charge < -0.3 is 14.4 Å². The van der Waals surface area contributed by atoms with Crippen LogP contribution >= 0.6 is 0 Å². The van der Waals surface area contributed by atoms with E-state index in [-0.39, 0.29) is 0 Å². The molecule has 0 saturated heterocycles. The number of fused-ring (bicyclic) bond motifs is 3. The Morgan fingerprint density at radius 3 is 2.56 bits per heavy atom. The number of benzene rings is 1. The molecule has 1 aromatic carbocycles. The summed E-state index contributed by atoms with van der Waals surface area (Å²) in [6.07, 6.45) is 10.6. The van der Waals surface area contributed by atoms with Crippen LogP contribution in [0.25, 0.3) is 33.4 Å². The van der Waals surface area contributed by atoms with E-state index in [1.165, 1.54) is 0 Å². The van der Waals surface area contributed by atoms with Crippen molar-refractivity contribution in [2.24, 2.45) is 0 Å². The number of aromatic amines is 1. The number of allylic oxidation sites excluding steroid dienone is 2. The van der Waals surface area contributed by atoms with E-state index < -0.39 is 0 Å². The molecule has 136 valence electrons. The fourth-order valence-corrected chi connectivity index (χ4v) is 3.11. The second-order valence-electron chi connectivity index (χ2n) is 6.21. The first-order chi connectivity index (χ1) is 13.2. The Hall–Kier alpha value is -3.41. The SMILES string of the molecule is C/C=C\N(/C=C\C)c1ccc2[nH]c3cnc(-c4nc(CC)no4)cc3c2c1. The molecule has 0 saturated carbocycles. The zero-order valence-corrected chi connectivity index (χ0v) is 15.6. The summed E-state index contributed by atoms with van der Waals surface area (Å²) in [5.74, 6) is 1.13. The quantitative estimate of drug-likeness (QED) is 0.530. The van der Waals surface area contributed by atoms with Crippen molar-refractivity contribution in [3.8, 4) is 11.6 Å². The number of pyridine rings is 1. The van der Waals surface area contributed by atoms with Crippen LogP contribution in [0.15, 0.2) is 59.5 Å². The fourth-order valence-electron chi connectivity index (χ4n) is 3.11. The largest absolute Gasteiger partial charge is 0.353 e. The Balaban J connectivity index is 1.86. The van der Waals surface area contributed by atoms with Gasteiger partial charge in [-0.15, -0.1) is 0 Å². The van der Waals surface area contributed by atoms with Crippen molar-refractivity contribution < 1.29 is 4.52 Å². The molecule has 0 aliphatic carbocycles. The van der Waals surface area contributed by atoms with Gasteiger partial charge in [0.25, 0.3) is 5.89 Å². The molecule has 0 fully saturated rings. The summed E-state index contributed by atoms with van der Waals surface area (Å²) in [6.45, 7) is 6.01. The minimum Gasteiger partial charge on any atom is -0.353 e. The maximum absolute atomic E-state index is 5.34. The second kappa shape index (κ2) is 7.07. The third-order valence-corrected chi connectivity index (χ3v) is 4.39. The molecule has 0 aliphatic heterocycles. The van der Waals surface area contributed by atoms with Crippen LogP contribution in [0.5, 0.6) is 0 Å². The molecule has 3 heterocycles. The number of H-pyrrole nitrogens is 1. The van der Waals surface area contributed by atoms with E-state index in [1.807, 2.05) is 57.6 Å². The number of hydrogen-bond donors (Lipinski definition) is 1. The van der Waals surface area contributed by atoms with Crippen molar-refractivity contribution in [2.45, 2.75) is 27.2 Å². The van der Waals surface area contributed by atoms with Gasteiger partial charge in [0.05, 0.1) is 11.7 Å². The molecule has 0 amide bonds. The molecule has 6 nitrogen and oxygen atoms in total. The van der Waals surface area contributed by atoms with Gasteiger partial charge in [-0.2, -0.15) is 4.98 Å². The lowest BCUT2D eigenvalue weighted by Crippen LogP contribution is -2.05. The van der Waals surface area contributed by atoms with Gasteiger partial charge in [-0.25, -0.2) is 4.98 Å². The first-order valence-corrected chi connectivity index (χ1v) is 9.02. The molecular weight excluding hydrogens is 338 g/mol. The topological polar surface area (TPSA) is 70.8 Å². The van der Waals surface area contributed by atoms with E-state index in [9.17, 15) is 0 Å². The number of nitrogens with zero attached hydrogens (tertiary/aromatic N) is 4. The molecule has 4 rings (SSSR count). The zero-order chi connectivity index (χ0) is 18.8. The van der Waals surface area contributed by atoms with E-state index in [0.29, 0.717) is 17.4 Å². The number of nitrogens with one attached hydrogen (secondary N) is 1. The summed E-state index contributed by atoms with van der Waals surface area (Å²) in [5, 5.41) is 6.17. The molecule has 0 unspecified atom stereocenters. The molecule has 0 spiro atoms. The normalized spacial score (nSPS) is 12.1. The standard InChI is InChI=1S/C21H21N5O/c1-4-9-26(10-5-2)14-7-8-17-15(11-14)16-12-18(22-13-19(16)23-17)21-24-20(6-3)25-27-21/h4-5,7-13,23H,6H2,1-3H3/b9-4-,10-5-. The molecule has 0 radical (unpaired) electrons. The number of rotatable bonds is 5. The molecule has 0 aliphatic rings. The van der Waals surface area contributed by atoms with Crippen molar-refractivity contribution in [3.05, 3.63) is 60.8 Å². The monoisotopic (exact) mass is 359 g/mol. The molecule has 6 heteroatoms. The first kappa shape index (κ1) is 17.0. The van der Waals surface area contributed by atoms with Crippen LogP contribution in [0.3, 0.4) is 0 Å². The van der Waals surface area contributed by atoms with Crippen molar-refractivity contribution >= 4 is 27.5 Å². The van der Waals surface area contributed by atoms with E-state index >= 15 is 0 Å². The Morgan fingerprint density at radius 2 is 1.85 bits per heavy atom. The van der Waals surface area contributed by atoms with Crippen LogP contribution in [0, 0.1) is 0 Å². The van der Waals surface area contributed by atoms with Crippen molar-refractivity contribution in [3.63, 3.8) is 0 Å². The highest BCUT2D eigenvalue weighted by molar-refractivity contribution is 6.08. The van der Waals surface area contributed by atoms with Crippen molar-refractivity contribution in [1.29, 1.82) is 0 Å². The van der Waals surface area contributed by atoms with Crippen LogP contribution in [0.4, 0.5) is 5.69 Å². The van der Waals surface area contributed by atoms with Crippen LogP contribution in [-0.2, 0) is 6.42 Å². The van der Waals surface area contributed by atoms with Gasteiger partial charge >= 0.3 is 0 Å². The lowest BCUT2D eigenvalue weighted by molar-refractivity contribution is 0.422. The molecule has 0 bridgehead atoms. The summed E-state index contributed by atoms with van der Waals surface area (Å²) in [5.41, 5.74) is 3.81. The summed E-state index contributed by atoms with van der Waals surface area (Å²) < 4.78 is 5.34. The van der Waals surface area contributed by atoms with E-state index in [2.05, 4.69) is 43.2 Å². The predicted molar refractivity (Wildman–Crippen MR) is 108 cm³/mol. The van der Waals surface area contributed by atoms with Gasteiger partial charge in [-0.05, 0) is 38.1 Å². The third kappa shape index (κ3) is 3.10. The highest BCUT2D eigenvalue weighted by Gasteiger charge is 2.13. The Kier molecular flexibility index (Phi) is 4.46. The van der Waals surface area contributed by atoms with Crippen LogP contribution < -0.4 is 4.90 Å². The maximum atomic E-state index is 5.34. The van der Waals surface area contributed by atoms with Crippen molar-refractivity contribution in [1.82, 2.24) is 20.1 Å². The van der Waals surface area contributed by atoms with E-state index in [1.54, 1.807) is 0 Å². The van der Waals surface area contributed by atoms with E-state index in [0.717, 1.165) is 33.9 Å². The van der Waals surface area contributed by atoms with Gasteiger partial charge in [0, 0.05) is 40.8 Å². The first-order valence-electron chi connectivity index (χ1n) is 9.02. The van der Waals surface area contributed by atoms with Crippen molar-refractivity contribution in [2.75, 3.05) is 4.90 Å². The average Bonchev–Trinajstić information content (AvgIpc) is 3.31. The predicted octanol–water partition coefficient (Wildman–Crippen LogP) is 5.20. The lowest BCUT2D eigenvalue weighted by Gasteiger charge is -2.15. The van der Waals surface area contributed by atoms with Gasteiger partial charge in [-0.1, -0.05) is 24.2 Å². The summed E-state index contributed by atoms with van der Waals surface area (Å²) in [7, 11) is 0. The Labute approximate surface area is 157 Å². The molecular formula is C21H21N5O. The molecule has 4 aromatic rings.